The van der Waals surface area contributed by atoms with E-state index in [1.165, 1.54) is 0 Å². The molecule has 0 radical (unpaired) electrons. The van der Waals surface area contributed by atoms with Gasteiger partial charge in [0.05, 0.1) is 22.0 Å². The Balaban J connectivity index is 2.06. The van der Waals surface area contributed by atoms with Gasteiger partial charge in [0.2, 0.25) is 5.91 Å². The fourth-order valence-corrected chi connectivity index (χ4v) is 2.27. The van der Waals surface area contributed by atoms with Gasteiger partial charge in [-0.2, -0.15) is 13.2 Å². The topological polar surface area (TPSA) is 55.1 Å². The largest absolute Gasteiger partial charge is 0.416 e. The van der Waals surface area contributed by atoms with Crippen molar-refractivity contribution >= 4 is 23.2 Å². The van der Waals surface area contributed by atoms with Gasteiger partial charge in [-0.15, -0.1) is 0 Å². The smallest absolute Gasteiger partial charge is 0.361 e. The van der Waals surface area contributed by atoms with Gasteiger partial charge in [-0.3, -0.25) is 4.79 Å². The van der Waals surface area contributed by atoms with Crippen molar-refractivity contribution in [3.63, 3.8) is 0 Å². The highest BCUT2D eigenvalue weighted by molar-refractivity contribution is 6.33. The van der Waals surface area contributed by atoms with Crippen LogP contribution in [0.25, 0.3) is 0 Å². The molecule has 0 bridgehead atoms. The second-order valence-electron chi connectivity index (χ2n) is 5.04. The fourth-order valence-electron chi connectivity index (χ4n) is 2.11. The molecule has 1 aromatic carbocycles. The van der Waals surface area contributed by atoms with Crippen LogP contribution in [-0.4, -0.2) is 11.1 Å². The minimum absolute atomic E-state index is 0.0451. The first-order valence-electron chi connectivity index (χ1n) is 6.77. The minimum Gasteiger partial charge on any atom is -0.361 e. The quantitative estimate of drug-likeness (QED) is 0.884. The van der Waals surface area contributed by atoms with E-state index >= 15 is 0 Å². The van der Waals surface area contributed by atoms with Gasteiger partial charge in [-0.05, 0) is 38.5 Å². The van der Waals surface area contributed by atoms with Crippen molar-refractivity contribution in [2.24, 2.45) is 0 Å². The van der Waals surface area contributed by atoms with E-state index in [-0.39, 0.29) is 17.1 Å². The molecule has 1 heterocycles. The maximum absolute atomic E-state index is 12.7. The van der Waals surface area contributed by atoms with Crippen LogP contribution in [0.2, 0.25) is 5.02 Å². The average molecular weight is 347 g/mol. The van der Waals surface area contributed by atoms with Crippen LogP contribution in [0, 0.1) is 13.8 Å². The summed E-state index contributed by atoms with van der Waals surface area (Å²) in [4.78, 5) is 11.9. The van der Waals surface area contributed by atoms with E-state index < -0.39 is 17.6 Å². The summed E-state index contributed by atoms with van der Waals surface area (Å²) in [6.07, 6.45) is -4.04. The molecule has 23 heavy (non-hydrogen) atoms. The van der Waals surface area contributed by atoms with E-state index in [4.69, 9.17) is 16.1 Å². The summed E-state index contributed by atoms with van der Waals surface area (Å²) >= 11 is 5.83. The number of halogens is 4. The van der Waals surface area contributed by atoms with Crippen LogP contribution in [-0.2, 0) is 17.4 Å². The lowest BCUT2D eigenvalue weighted by atomic mass is 10.1. The number of nitrogens with one attached hydrogen (secondary N) is 1. The van der Waals surface area contributed by atoms with Crippen molar-refractivity contribution < 1.29 is 22.5 Å². The maximum atomic E-state index is 12.7. The SMILES string of the molecule is Cc1noc(C)c1CCC(=O)Nc1cc(C(F)(F)F)ccc1Cl. The molecule has 0 aliphatic carbocycles. The van der Waals surface area contributed by atoms with Crippen molar-refractivity contribution in [1.82, 2.24) is 5.16 Å². The van der Waals surface area contributed by atoms with Gasteiger partial charge in [0.1, 0.15) is 5.76 Å². The molecule has 0 unspecified atom stereocenters. The molecule has 0 aliphatic rings. The molecular weight excluding hydrogens is 333 g/mol. The standard InChI is InChI=1S/C15H14ClF3N2O2/c1-8-11(9(2)23-21-8)4-6-14(22)20-13-7-10(15(17,18)19)3-5-12(13)16/h3,5,7H,4,6H2,1-2H3,(H,20,22). The Hall–Kier alpha value is -2.02. The summed E-state index contributed by atoms with van der Waals surface area (Å²) in [6.45, 7) is 3.49. The molecule has 0 atom stereocenters. The molecule has 8 heteroatoms. The van der Waals surface area contributed by atoms with Crippen molar-refractivity contribution in [1.29, 1.82) is 0 Å². The maximum Gasteiger partial charge on any atom is 0.416 e. The Kier molecular flexibility index (Phi) is 4.99. The van der Waals surface area contributed by atoms with Crippen LogP contribution < -0.4 is 5.32 Å². The molecule has 1 amide bonds. The van der Waals surface area contributed by atoms with Crippen LogP contribution in [0.4, 0.5) is 18.9 Å². The molecule has 124 valence electrons. The predicted octanol–water partition coefficient (Wildman–Crippen LogP) is 4.53. The highest BCUT2D eigenvalue weighted by Gasteiger charge is 2.31. The number of amides is 1. The number of hydrogen-bond donors (Lipinski definition) is 1. The van der Waals surface area contributed by atoms with Gasteiger partial charge in [-0.1, -0.05) is 16.8 Å². The molecule has 0 spiro atoms. The molecule has 0 saturated carbocycles. The van der Waals surface area contributed by atoms with Crippen molar-refractivity contribution in [2.45, 2.75) is 32.9 Å². The van der Waals surface area contributed by atoms with E-state index in [1.807, 2.05) is 0 Å². The monoisotopic (exact) mass is 346 g/mol. The average Bonchev–Trinajstić information content (AvgIpc) is 2.77. The summed E-state index contributed by atoms with van der Waals surface area (Å²) in [5.41, 5.74) is 0.566. The van der Waals surface area contributed by atoms with E-state index in [0.717, 1.165) is 23.8 Å². The van der Waals surface area contributed by atoms with Crippen molar-refractivity contribution in [2.75, 3.05) is 5.32 Å². The van der Waals surface area contributed by atoms with Crippen molar-refractivity contribution in [3.8, 4) is 0 Å². The van der Waals surface area contributed by atoms with Gasteiger partial charge in [0, 0.05) is 12.0 Å². The number of anilines is 1. The van der Waals surface area contributed by atoms with Crippen LogP contribution in [0.1, 0.15) is 29.0 Å². The van der Waals surface area contributed by atoms with Crippen molar-refractivity contribution in [3.05, 3.63) is 45.8 Å². The molecule has 0 aliphatic heterocycles. The zero-order chi connectivity index (χ0) is 17.2. The number of aromatic nitrogens is 1. The second-order valence-corrected chi connectivity index (χ2v) is 5.45. The molecule has 2 aromatic rings. The van der Waals surface area contributed by atoms with Gasteiger partial charge in [0.15, 0.2) is 0 Å². The Morgan fingerprint density at radius 3 is 2.61 bits per heavy atom. The van der Waals surface area contributed by atoms with Crippen LogP contribution in [0.3, 0.4) is 0 Å². The van der Waals surface area contributed by atoms with E-state index in [9.17, 15) is 18.0 Å². The molecule has 0 saturated heterocycles. The number of benzene rings is 1. The van der Waals surface area contributed by atoms with Crippen LogP contribution in [0.15, 0.2) is 22.7 Å². The van der Waals surface area contributed by atoms with Gasteiger partial charge < -0.3 is 9.84 Å². The molecular formula is C15H14ClF3N2O2. The number of rotatable bonds is 4. The zero-order valence-electron chi connectivity index (χ0n) is 12.4. The highest BCUT2D eigenvalue weighted by atomic mass is 35.5. The number of carbonyl (C=O) groups excluding carboxylic acids is 1. The summed E-state index contributed by atoms with van der Waals surface area (Å²) in [5.74, 6) is 0.179. The molecule has 4 nitrogen and oxygen atoms in total. The van der Waals surface area contributed by atoms with E-state index in [2.05, 4.69) is 10.5 Å². The summed E-state index contributed by atoms with van der Waals surface area (Å²) in [5, 5.41) is 6.23. The number of nitrogens with zero attached hydrogens (tertiary/aromatic N) is 1. The Bertz CT molecular complexity index is 706. The zero-order valence-corrected chi connectivity index (χ0v) is 13.2. The number of carbonyl (C=O) groups is 1. The third-order valence-electron chi connectivity index (χ3n) is 3.35. The van der Waals surface area contributed by atoms with Gasteiger partial charge >= 0.3 is 6.18 Å². The number of hydrogen-bond acceptors (Lipinski definition) is 3. The summed E-state index contributed by atoms with van der Waals surface area (Å²) < 4.78 is 43.1. The lowest BCUT2D eigenvalue weighted by molar-refractivity contribution is -0.137. The third kappa shape index (κ3) is 4.25. The summed E-state index contributed by atoms with van der Waals surface area (Å²) in [6, 6.07) is 2.78. The first-order valence-corrected chi connectivity index (χ1v) is 7.14. The van der Waals surface area contributed by atoms with E-state index in [0.29, 0.717) is 17.9 Å². The molecule has 1 N–H and O–H groups in total. The Morgan fingerprint density at radius 1 is 1.35 bits per heavy atom. The highest BCUT2D eigenvalue weighted by Crippen LogP contribution is 2.33. The Morgan fingerprint density at radius 2 is 2.04 bits per heavy atom. The number of alkyl halides is 3. The predicted molar refractivity (Wildman–Crippen MR) is 79.4 cm³/mol. The minimum atomic E-state index is -4.50. The molecule has 0 fully saturated rings. The fraction of sp³-hybridized carbons (Fsp3) is 0.333. The van der Waals surface area contributed by atoms with Gasteiger partial charge in [-0.25, -0.2) is 0 Å². The van der Waals surface area contributed by atoms with Crippen LogP contribution in [0.5, 0.6) is 0 Å². The van der Waals surface area contributed by atoms with E-state index in [1.54, 1.807) is 13.8 Å². The molecule has 2 rings (SSSR count). The summed E-state index contributed by atoms with van der Waals surface area (Å²) in [7, 11) is 0. The second kappa shape index (κ2) is 6.62. The third-order valence-corrected chi connectivity index (χ3v) is 3.68. The number of aryl methyl sites for hydroxylation is 2. The lowest BCUT2D eigenvalue weighted by Crippen LogP contribution is -2.14. The Labute approximate surface area is 135 Å². The lowest BCUT2D eigenvalue weighted by Gasteiger charge is -2.11. The normalized spacial score (nSPS) is 11.6. The first-order chi connectivity index (χ1) is 10.7. The van der Waals surface area contributed by atoms with Crippen LogP contribution >= 0.6 is 11.6 Å². The molecule has 1 aromatic heterocycles. The van der Waals surface area contributed by atoms with Gasteiger partial charge in [0.25, 0.3) is 0 Å². The first kappa shape index (κ1) is 17.3.